The minimum atomic E-state index is -0.0747. The summed E-state index contributed by atoms with van der Waals surface area (Å²) >= 11 is 0. The summed E-state index contributed by atoms with van der Waals surface area (Å²) in [6, 6.07) is 6.04. The van der Waals surface area contributed by atoms with Gasteiger partial charge in [-0.15, -0.1) is 0 Å². The van der Waals surface area contributed by atoms with Gasteiger partial charge in [-0.25, -0.2) is 0 Å². The summed E-state index contributed by atoms with van der Waals surface area (Å²) in [6.07, 6.45) is 1.87. The normalized spacial score (nSPS) is 12.3. The number of nitrogens with one attached hydrogen (secondary N) is 1. The van der Waals surface area contributed by atoms with Crippen LogP contribution in [0.3, 0.4) is 0 Å². The van der Waals surface area contributed by atoms with Crippen LogP contribution in [0.15, 0.2) is 18.2 Å². The van der Waals surface area contributed by atoms with Crippen molar-refractivity contribution in [3.63, 3.8) is 0 Å². The third-order valence-electron chi connectivity index (χ3n) is 3.43. The van der Waals surface area contributed by atoms with Crippen molar-refractivity contribution in [2.45, 2.75) is 52.6 Å². The van der Waals surface area contributed by atoms with Crippen LogP contribution in [0.4, 0.5) is 0 Å². The lowest BCUT2D eigenvalue weighted by atomic mass is 10.1. The topological polar surface area (TPSA) is 64.3 Å². The number of ether oxygens (including phenoxy) is 1. The average Bonchev–Trinajstić information content (AvgIpc) is 2.43. The number of hydrogen-bond acceptors (Lipinski definition) is 3. The van der Waals surface area contributed by atoms with Gasteiger partial charge < -0.3 is 15.8 Å². The third kappa shape index (κ3) is 4.85. The zero-order valence-electron chi connectivity index (χ0n) is 12.9. The van der Waals surface area contributed by atoms with Crippen LogP contribution < -0.4 is 15.8 Å². The number of carbonyl (C=O) groups excluding carboxylic acids is 1. The first kappa shape index (κ1) is 16.5. The molecule has 1 rings (SSSR count). The van der Waals surface area contributed by atoms with E-state index in [2.05, 4.69) is 19.2 Å². The quantitative estimate of drug-likeness (QED) is 0.806. The number of aryl methyl sites for hydroxylation is 1. The molecule has 0 bridgehead atoms. The lowest BCUT2D eigenvalue weighted by Crippen LogP contribution is -2.37. The van der Waals surface area contributed by atoms with E-state index in [0.29, 0.717) is 0 Å². The van der Waals surface area contributed by atoms with E-state index >= 15 is 0 Å². The van der Waals surface area contributed by atoms with E-state index < -0.39 is 0 Å². The van der Waals surface area contributed by atoms with Gasteiger partial charge in [-0.3, -0.25) is 4.79 Å². The highest BCUT2D eigenvalue weighted by Gasteiger charge is 2.10. The van der Waals surface area contributed by atoms with Crippen molar-refractivity contribution in [1.82, 2.24) is 5.32 Å². The van der Waals surface area contributed by atoms with Crippen LogP contribution in [0.2, 0.25) is 0 Å². The maximum Gasteiger partial charge on any atom is 0.258 e. The number of benzene rings is 1. The Morgan fingerprint density at radius 2 is 2.00 bits per heavy atom. The van der Waals surface area contributed by atoms with Crippen LogP contribution in [0.5, 0.6) is 5.75 Å². The van der Waals surface area contributed by atoms with E-state index in [1.165, 1.54) is 0 Å². The van der Waals surface area contributed by atoms with E-state index in [4.69, 9.17) is 10.5 Å². The Bertz CT molecular complexity index is 440. The molecule has 0 fully saturated rings. The van der Waals surface area contributed by atoms with Gasteiger partial charge in [0.05, 0.1) is 0 Å². The van der Waals surface area contributed by atoms with Gasteiger partial charge in [0.25, 0.3) is 5.91 Å². The molecule has 1 aromatic carbocycles. The summed E-state index contributed by atoms with van der Waals surface area (Å²) in [7, 11) is 0. The lowest BCUT2D eigenvalue weighted by molar-refractivity contribution is -0.123. The summed E-state index contributed by atoms with van der Waals surface area (Å²) in [5.41, 5.74) is 7.90. The van der Waals surface area contributed by atoms with E-state index in [9.17, 15) is 4.79 Å². The van der Waals surface area contributed by atoms with Gasteiger partial charge in [0.2, 0.25) is 0 Å². The lowest BCUT2D eigenvalue weighted by Gasteiger charge is -2.16. The predicted octanol–water partition coefficient (Wildman–Crippen LogP) is 2.70. The highest BCUT2D eigenvalue weighted by molar-refractivity contribution is 5.77. The first-order valence-electron chi connectivity index (χ1n) is 7.26. The average molecular weight is 278 g/mol. The molecule has 4 nitrogen and oxygen atoms in total. The Labute approximate surface area is 121 Å². The number of amides is 1. The van der Waals surface area contributed by atoms with Crippen molar-refractivity contribution in [2.24, 2.45) is 5.73 Å². The highest BCUT2D eigenvalue weighted by Crippen LogP contribution is 2.21. The molecule has 4 heteroatoms. The van der Waals surface area contributed by atoms with Gasteiger partial charge in [0.15, 0.2) is 6.61 Å². The molecule has 0 unspecified atom stereocenters. The van der Waals surface area contributed by atoms with Gasteiger partial charge in [-0.2, -0.15) is 0 Å². The molecule has 20 heavy (non-hydrogen) atoms. The summed E-state index contributed by atoms with van der Waals surface area (Å²) in [4.78, 5) is 11.8. The minimum absolute atomic E-state index is 0.000847. The summed E-state index contributed by atoms with van der Waals surface area (Å²) in [5.74, 6) is 0.656. The Balaban J connectivity index is 2.55. The molecule has 3 N–H and O–H groups in total. The summed E-state index contributed by atoms with van der Waals surface area (Å²) in [6.45, 7) is 8.07. The van der Waals surface area contributed by atoms with Crippen molar-refractivity contribution in [2.75, 3.05) is 6.61 Å². The fourth-order valence-electron chi connectivity index (χ4n) is 2.02. The van der Waals surface area contributed by atoms with Gasteiger partial charge in [-0.05, 0) is 43.9 Å². The second-order valence-corrected chi connectivity index (χ2v) is 5.18. The van der Waals surface area contributed by atoms with Crippen molar-refractivity contribution in [3.8, 4) is 5.75 Å². The molecule has 0 saturated heterocycles. The molecule has 0 saturated carbocycles. The zero-order valence-corrected chi connectivity index (χ0v) is 12.9. The van der Waals surface area contributed by atoms with Crippen LogP contribution in [0, 0.1) is 6.92 Å². The van der Waals surface area contributed by atoms with Crippen LogP contribution in [0.25, 0.3) is 0 Å². The van der Waals surface area contributed by atoms with Crippen LogP contribution in [-0.4, -0.2) is 18.6 Å². The zero-order chi connectivity index (χ0) is 15.1. The first-order valence-corrected chi connectivity index (χ1v) is 7.26. The fourth-order valence-corrected chi connectivity index (χ4v) is 2.02. The number of nitrogens with two attached hydrogens (primary N) is 1. The second kappa shape index (κ2) is 7.90. The summed E-state index contributed by atoms with van der Waals surface area (Å²) in [5, 5.41) is 2.95. The molecule has 112 valence electrons. The first-order chi connectivity index (χ1) is 9.47. The molecular formula is C16H26N2O2. The number of carbonyl (C=O) groups is 1. The molecule has 0 aromatic heterocycles. The van der Waals surface area contributed by atoms with Crippen molar-refractivity contribution in [3.05, 3.63) is 29.3 Å². The van der Waals surface area contributed by atoms with Gasteiger partial charge >= 0.3 is 0 Å². The van der Waals surface area contributed by atoms with Gasteiger partial charge in [-0.1, -0.05) is 26.0 Å². The van der Waals surface area contributed by atoms with E-state index in [1.807, 2.05) is 32.0 Å². The molecule has 0 aliphatic heterocycles. The molecule has 0 aliphatic carbocycles. The SMILES string of the molecule is CCC(CC)NC(=O)COc1ccc([C@H](C)N)cc1C. The molecule has 1 atom stereocenters. The number of hydrogen-bond donors (Lipinski definition) is 2. The molecule has 0 heterocycles. The minimum Gasteiger partial charge on any atom is -0.484 e. The largest absolute Gasteiger partial charge is 0.484 e. The van der Waals surface area contributed by atoms with Gasteiger partial charge in [0.1, 0.15) is 5.75 Å². The molecule has 0 aliphatic rings. The van der Waals surface area contributed by atoms with Crippen molar-refractivity contribution in [1.29, 1.82) is 0 Å². The maximum atomic E-state index is 11.8. The van der Waals surface area contributed by atoms with Crippen LogP contribution in [-0.2, 0) is 4.79 Å². The Hall–Kier alpha value is -1.55. The predicted molar refractivity (Wildman–Crippen MR) is 81.8 cm³/mol. The Morgan fingerprint density at radius 3 is 2.50 bits per heavy atom. The van der Waals surface area contributed by atoms with Crippen LogP contribution in [0.1, 0.15) is 50.8 Å². The Morgan fingerprint density at radius 1 is 1.35 bits per heavy atom. The highest BCUT2D eigenvalue weighted by atomic mass is 16.5. The Kier molecular flexibility index (Phi) is 6.52. The molecule has 1 aromatic rings. The fraction of sp³-hybridized carbons (Fsp3) is 0.562. The van der Waals surface area contributed by atoms with Gasteiger partial charge in [0, 0.05) is 12.1 Å². The van der Waals surface area contributed by atoms with Crippen molar-refractivity contribution < 1.29 is 9.53 Å². The third-order valence-corrected chi connectivity index (χ3v) is 3.43. The maximum absolute atomic E-state index is 11.8. The smallest absolute Gasteiger partial charge is 0.258 e. The summed E-state index contributed by atoms with van der Waals surface area (Å²) < 4.78 is 5.57. The van der Waals surface area contributed by atoms with Crippen LogP contribution >= 0.6 is 0 Å². The molecule has 1 amide bonds. The molecule has 0 radical (unpaired) electrons. The number of rotatable bonds is 7. The standard InChI is InChI=1S/C16H26N2O2/c1-5-14(6-2)18-16(19)10-20-15-8-7-13(12(4)17)9-11(15)3/h7-9,12,14H,5-6,10,17H2,1-4H3,(H,18,19)/t12-/m0/s1. The molecule has 0 spiro atoms. The van der Waals surface area contributed by atoms with Crippen molar-refractivity contribution >= 4 is 5.91 Å². The monoisotopic (exact) mass is 278 g/mol. The molecular weight excluding hydrogens is 252 g/mol. The second-order valence-electron chi connectivity index (χ2n) is 5.18. The van der Waals surface area contributed by atoms with E-state index in [-0.39, 0.29) is 24.6 Å². The van der Waals surface area contributed by atoms with E-state index in [0.717, 1.165) is 29.7 Å². The van der Waals surface area contributed by atoms with E-state index in [1.54, 1.807) is 0 Å².